The van der Waals surface area contributed by atoms with E-state index in [1.54, 1.807) is 25.3 Å². The van der Waals surface area contributed by atoms with Crippen molar-refractivity contribution in [1.29, 1.82) is 0 Å². The van der Waals surface area contributed by atoms with Gasteiger partial charge < -0.3 is 4.74 Å². The molecule has 0 spiro atoms. The molecule has 0 aliphatic heterocycles. The van der Waals surface area contributed by atoms with E-state index >= 15 is 0 Å². The molecule has 0 radical (unpaired) electrons. The van der Waals surface area contributed by atoms with Gasteiger partial charge in [-0.25, -0.2) is 8.42 Å². The second-order valence-electron chi connectivity index (χ2n) is 7.12. The second kappa shape index (κ2) is 8.17. The van der Waals surface area contributed by atoms with Gasteiger partial charge in [-0.05, 0) is 53.9 Å². The van der Waals surface area contributed by atoms with Crippen LogP contribution in [0.15, 0.2) is 107 Å². The molecule has 0 saturated heterocycles. The highest BCUT2D eigenvalue weighted by molar-refractivity contribution is 7.91. The molecule has 0 fully saturated rings. The second-order valence-corrected chi connectivity index (χ2v) is 9.04. The quantitative estimate of drug-likeness (QED) is 0.392. The average Bonchev–Trinajstić information content (AvgIpc) is 2.79. The van der Waals surface area contributed by atoms with Crippen LogP contribution < -0.4 is 4.74 Å². The predicted molar refractivity (Wildman–Crippen MR) is 120 cm³/mol. The standard InChI is InChI=1S/C26H22O3S/c1-19-8-15-24(16-9-19)30(27,28)26-18-22(20-6-4-3-5-7-20)12-17-25(26)21-10-13-23(29-2)14-11-21/h3-18H,1-2H3. The summed E-state index contributed by atoms with van der Waals surface area (Å²) < 4.78 is 32.5. The minimum absolute atomic E-state index is 0.285. The Morgan fingerprint density at radius 3 is 1.93 bits per heavy atom. The summed E-state index contributed by atoms with van der Waals surface area (Å²) in [6.45, 7) is 1.94. The van der Waals surface area contributed by atoms with Gasteiger partial charge in [-0.15, -0.1) is 0 Å². The fraction of sp³-hybridized carbons (Fsp3) is 0.0769. The first-order chi connectivity index (χ1) is 14.5. The van der Waals surface area contributed by atoms with Crippen molar-refractivity contribution in [2.75, 3.05) is 7.11 Å². The van der Waals surface area contributed by atoms with Gasteiger partial charge in [0.2, 0.25) is 9.84 Å². The van der Waals surface area contributed by atoms with Crippen LogP contribution in [-0.4, -0.2) is 15.5 Å². The number of methoxy groups -OCH3 is 1. The molecule has 4 aromatic rings. The van der Waals surface area contributed by atoms with Crippen molar-refractivity contribution in [2.45, 2.75) is 16.7 Å². The van der Waals surface area contributed by atoms with Crippen molar-refractivity contribution in [2.24, 2.45) is 0 Å². The third kappa shape index (κ3) is 3.87. The van der Waals surface area contributed by atoms with Crippen molar-refractivity contribution < 1.29 is 13.2 Å². The zero-order chi connectivity index (χ0) is 21.1. The maximum Gasteiger partial charge on any atom is 0.207 e. The minimum Gasteiger partial charge on any atom is -0.497 e. The van der Waals surface area contributed by atoms with Crippen LogP contribution in [0.4, 0.5) is 0 Å². The summed E-state index contributed by atoms with van der Waals surface area (Å²) >= 11 is 0. The van der Waals surface area contributed by atoms with Gasteiger partial charge in [-0.2, -0.15) is 0 Å². The average molecular weight is 415 g/mol. The molecule has 4 aromatic carbocycles. The third-order valence-corrected chi connectivity index (χ3v) is 6.92. The van der Waals surface area contributed by atoms with Gasteiger partial charge in [0.25, 0.3) is 0 Å². The van der Waals surface area contributed by atoms with Crippen molar-refractivity contribution in [3.63, 3.8) is 0 Å². The molecule has 150 valence electrons. The number of sulfone groups is 1. The lowest BCUT2D eigenvalue weighted by molar-refractivity contribution is 0.415. The molecule has 0 aromatic heterocycles. The van der Waals surface area contributed by atoms with E-state index in [4.69, 9.17) is 4.74 Å². The van der Waals surface area contributed by atoms with Gasteiger partial charge >= 0.3 is 0 Å². The van der Waals surface area contributed by atoms with Gasteiger partial charge in [0.1, 0.15) is 5.75 Å². The Balaban J connectivity index is 1.93. The molecule has 3 nitrogen and oxygen atoms in total. The Kier molecular flexibility index (Phi) is 5.42. The molecular weight excluding hydrogens is 392 g/mol. The predicted octanol–water partition coefficient (Wildman–Crippen LogP) is 6.17. The SMILES string of the molecule is COc1ccc(-c2ccc(-c3ccccc3)cc2S(=O)(=O)c2ccc(C)cc2)cc1. The molecule has 0 saturated carbocycles. The molecule has 0 aliphatic rings. The molecule has 4 heteroatoms. The Morgan fingerprint density at radius 1 is 0.667 bits per heavy atom. The van der Waals surface area contributed by atoms with Crippen molar-refractivity contribution >= 4 is 9.84 Å². The lowest BCUT2D eigenvalue weighted by atomic mass is 10.00. The topological polar surface area (TPSA) is 43.4 Å². The Hall–Kier alpha value is -3.37. The van der Waals surface area contributed by atoms with Crippen LogP contribution in [0.2, 0.25) is 0 Å². The van der Waals surface area contributed by atoms with E-state index in [0.29, 0.717) is 5.56 Å². The molecule has 0 amide bonds. The van der Waals surface area contributed by atoms with Crippen molar-refractivity contribution in [3.05, 3.63) is 103 Å². The summed E-state index contributed by atoms with van der Waals surface area (Å²) in [5.41, 5.74) is 4.33. The van der Waals surface area contributed by atoms with E-state index in [2.05, 4.69) is 0 Å². The minimum atomic E-state index is -3.71. The zero-order valence-electron chi connectivity index (χ0n) is 16.9. The van der Waals surface area contributed by atoms with Crippen molar-refractivity contribution in [1.82, 2.24) is 0 Å². The van der Waals surface area contributed by atoms with Crippen LogP contribution >= 0.6 is 0 Å². The number of rotatable bonds is 5. The van der Waals surface area contributed by atoms with Crippen molar-refractivity contribution in [3.8, 4) is 28.0 Å². The van der Waals surface area contributed by atoms with Crippen LogP contribution in [0.1, 0.15) is 5.56 Å². The molecule has 0 N–H and O–H groups in total. The lowest BCUT2D eigenvalue weighted by Crippen LogP contribution is -2.04. The molecular formula is C26H22O3S. The fourth-order valence-electron chi connectivity index (χ4n) is 3.41. The Labute approximate surface area is 177 Å². The summed E-state index contributed by atoms with van der Waals surface area (Å²) in [6.07, 6.45) is 0. The first kappa shape index (κ1) is 19.9. The largest absolute Gasteiger partial charge is 0.497 e. The third-order valence-electron chi connectivity index (χ3n) is 5.11. The van der Waals surface area contributed by atoms with E-state index in [1.807, 2.05) is 85.8 Å². The van der Waals surface area contributed by atoms with Gasteiger partial charge in [-0.1, -0.05) is 72.3 Å². The number of aryl methyl sites for hydroxylation is 1. The van der Waals surface area contributed by atoms with Gasteiger partial charge in [0, 0.05) is 5.56 Å². The molecule has 0 atom stereocenters. The first-order valence-electron chi connectivity index (χ1n) is 9.65. The van der Waals surface area contributed by atoms with Gasteiger partial charge in [0.05, 0.1) is 16.9 Å². The molecule has 0 heterocycles. The maximum atomic E-state index is 13.6. The highest BCUT2D eigenvalue weighted by atomic mass is 32.2. The van der Waals surface area contributed by atoms with E-state index in [0.717, 1.165) is 28.0 Å². The van der Waals surface area contributed by atoms with E-state index in [1.165, 1.54) is 0 Å². The first-order valence-corrected chi connectivity index (χ1v) is 11.1. The summed E-state index contributed by atoms with van der Waals surface area (Å²) in [6, 6.07) is 29.8. The molecule has 4 rings (SSSR count). The Morgan fingerprint density at radius 2 is 1.30 bits per heavy atom. The molecule has 0 aliphatic carbocycles. The highest BCUT2D eigenvalue weighted by Gasteiger charge is 2.23. The van der Waals surface area contributed by atoms with Crippen LogP contribution in [0.3, 0.4) is 0 Å². The van der Waals surface area contributed by atoms with E-state index in [-0.39, 0.29) is 9.79 Å². The lowest BCUT2D eigenvalue weighted by Gasteiger charge is -2.14. The number of ether oxygens (including phenoxy) is 1. The molecule has 0 unspecified atom stereocenters. The van der Waals surface area contributed by atoms with Crippen LogP contribution in [0, 0.1) is 6.92 Å². The van der Waals surface area contributed by atoms with E-state index in [9.17, 15) is 8.42 Å². The summed E-state index contributed by atoms with van der Waals surface area (Å²) in [7, 11) is -2.10. The summed E-state index contributed by atoms with van der Waals surface area (Å²) in [4.78, 5) is 0.575. The molecule has 30 heavy (non-hydrogen) atoms. The van der Waals surface area contributed by atoms with Crippen LogP contribution in [0.25, 0.3) is 22.3 Å². The fourth-order valence-corrected chi connectivity index (χ4v) is 4.91. The normalized spacial score (nSPS) is 11.3. The summed E-state index contributed by atoms with van der Waals surface area (Å²) in [5, 5.41) is 0. The Bertz CT molecular complexity index is 1260. The van der Waals surface area contributed by atoms with Crippen LogP contribution in [0.5, 0.6) is 5.75 Å². The highest BCUT2D eigenvalue weighted by Crippen LogP contribution is 2.35. The zero-order valence-corrected chi connectivity index (χ0v) is 17.7. The smallest absolute Gasteiger partial charge is 0.207 e. The number of benzene rings is 4. The monoisotopic (exact) mass is 414 g/mol. The molecule has 0 bridgehead atoms. The number of hydrogen-bond acceptors (Lipinski definition) is 3. The van der Waals surface area contributed by atoms with Gasteiger partial charge in [-0.3, -0.25) is 0 Å². The summed E-state index contributed by atoms with van der Waals surface area (Å²) in [5.74, 6) is 0.725. The van der Waals surface area contributed by atoms with Crippen LogP contribution in [-0.2, 0) is 9.84 Å². The van der Waals surface area contributed by atoms with E-state index < -0.39 is 9.84 Å². The number of hydrogen-bond donors (Lipinski definition) is 0. The van der Waals surface area contributed by atoms with Gasteiger partial charge in [0.15, 0.2) is 0 Å². The maximum absolute atomic E-state index is 13.6.